The van der Waals surface area contributed by atoms with Crippen molar-refractivity contribution in [2.75, 3.05) is 78.1 Å². The summed E-state index contributed by atoms with van der Waals surface area (Å²) in [6.07, 6.45) is -5.55. The minimum Gasteiger partial charge on any atom is -0.435 e. The molecule has 0 saturated heterocycles. The van der Waals surface area contributed by atoms with E-state index in [1.165, 1.54) is 104 Å². The summed E-state index contributed by atoms with van der Waals surface area (Å²) in [6, 6.07) is 25.1. The summed E-state index contributed by atoms with van der Waals surface area (Å²) in [4.78, 5) is 102. The summed E-state index contributed by atoms with van der Waals surface area (Å²) in [6.45, 7) is 6.26. The van der Waals surface area contributed by atoms with Gasteiger partial charge < -0.3 is 68.6 Å². The number of carbonyl (C=O) groups is 9. The van der Waals surface area contributed by atoms with Crippen LogP contribution in [0.15, 0.2) is 147 Å². The third kappa shape index (κ3) is 41.3. The molecule has 5 rings (SSSR count). The number of rotatable bonds is 36. The van der Waals surface area contributed by atoms with Crippen LogP contribution >= 0.6 is 69.6 Å². The number of carbonyl (C=O) groups excluding carboxylic acids is 9. The Hall–Kier alpha value is -8.34. The van der Waals surface area contributed by atoms with E-state index in [1.54, 1.807) is 51.1 Å². The van der Waals surface area contributed by atoms with Crippen molar-refractivity contribution >= 4 is 163 Å². The number of sulfone groups is 4. The lowest BCUT2D eigenvalue weighted by atomic mass is 10.0. The van der Waals surface area contributed by atoms with Crippen molar-refractivity contribution in [1.29, 1.82) is 0 Å². The molecule has 117 heavy (non-hydrogen) atoms. The van der Waals surface area contributed by atoms with Crippen LogP contribution in [0.2, 0.25) is 0 Å². The fourth-order valence-corrected chi connectivity index (χ4v) is 12.0. The second-order valence-corrected chi connectivity index (χ2v) is 35.6. The molecule has 4 N–H and O–H groups in total. The van der Waals surface area contributed by atoms with Crippen molar-refractivity contribution in [3.05, 3.63) is 155 Å². The van der Waals surface area contributed by atoms with E-state index in [0.717, 1.165) is 25.0 Å². The molecule has 0 bridgehead atoms. The zero-order chi connectivity index (χ0) is 87.1. The van der Waals surface area contributed by atoms with Crippen molar-refractivity contribution < 1.29 is 137 Å². The van der Waals surface area contributed by atoms with E-state index in [9.17, 15) is 90.0 Å². The molecule has 0 aliphatic rings. The number of benzene rings is 5. The molecule has 0 unspecified atom stereocenters. The molecule has 0 aliphatic carbocycles. The largest absolute Gasteiger partial charge is 0.509 e. The molecule has 0 radical (unpaired) electrons. The van der Waals surface area contributed by atoms with Gasteiger partial charge in [-0.15, -0.1) is 0 Å². The molecule has 0 aliphatic heterocycles. The number of hydrogen-bond donors (Lipinski definition) is 4. The SMILES string of the molecule is C.C.CC(C)CCOC(=O)O[C@H](c1ccc(S(C)(=O)=O)cc1)[C@@H](CF)NC(=O)C(Cl)Cl.CCOC(=O)OC[C@@H](NC(=O)C(Cl)Cl)[C@H](OC(=O)OCC)c1ccc(S(C)(=O)=O)cc1.CCOC(=O)O[C@H](c1ccc(S(C)(=O)=O)cc1)[C@@H](CF)NC(C)=O.CS(=O)(=O)c1ccc([C@@H](OC(=O)OCc2ccccc2)[C@@H](CF)NC(=O)C(Cl)Cl)cc1. The maximum absolute atomic E-state index is 13.8. The standard InChI is InChI=1S/C20H20Cl2FNO6S.C18H24Cl2FNO6S.C18H23Cl2NO9S.C15H20FNO6S.2CH4/c1-31(27,28)15-9-7-14(8-10-15)17(16(11-23)24-19(25)18(21)22)30-20(26)29-12-13-5-3-2-4-6-13;1-11(2)8-9-27-18(24)28-15(14(10-21)22-17(23)16(19)20)12-4-6-13(7-5-12)29(3,25)26;1-4-27-17(23)29-10-13(21-16(22)15(19)20)14(30-18(24)28-5-2)11-6-8-12(9-7-11)31(3,25)26;1-4-22-15(19)23-14(13(9-16)17-10(2)18)11-5-7-12(8-6-11)24(3,20)21;;/h2-10,16-18H,11-12H2,1H3,(H,24,25);4-7,11,14-16H,8-10H2,1-3H3,(H,22,23);6-9,13-15H,4-5,10H2,1-3H3,(H,21,22);5-8,13-14H,4,9H2,1-3H3,(H,17,18);2*1H4/t16-,17-;14-,15-;2*13-,14-;;/m1111../s1. The second kappa shape index (κ2) is 54.0. The molecule has 4 amide bonds. The van der Waals surface area contributed by atoms with Crippen molar-refractivity contribution in [2.24, 2.45) is 5.92 Å². The number of ether oxygens (including phenoxy) is 10. The first kappa shape index (κ1) is 109. The highest BCUT2D eigenvalue weighted by Gasteiger charge is 2.36. The van der Waals surface area contributed by atoms with Crippen LogP contribution in [-0.2, 0) is 113 Å². The minimum absolute atomic E-state index is 0. The average Bonchev–Trinajstić information content (AvgIpc) is 0.838. The highest BCUT2D eigenvalue weighted by Crippen LogP contribution is 2.30. The molecule has 0 spiro atoms. The molecule has 0 saturated carbocycles. The van der Waals surface area contributed by atoms with Crippen molar-refractivity contribution in [2.45, 2.75) is 152 Å². The fourth-order valence-electron chi connectivity index (χ4n) is 9.14. The molecule has 0 aromatic heterocycles. The Bertz CT molecular complexity index is 4420. The van der Waals surface area contributed by atoms with Crippen LogP contribution in [0, 0.1) is 5.92 Å². The predicted molar refractivity (Wildman–Crippen MR) is 429 cm³/mol. The van der Waals surface area contributed by atoms with Gasteiger partial charge >= 0.3 is 30.8 Å². The van der Waals surface area contributed by atoms with E-state index < -0.39 is 183 Å². The van der Waals surface area contributed by atoms with Crippen LogP contribution in [0.25, 0.3) is 0 Å². The molecule has 0 fully saturated rings. The first-order valence-electron chi connectivity index (χ1n) is 33.8. The lowest BCUT2D eigenvalue weighted by molar-refractivity contribution is -0.122. The normalized spacial score (nSPS) is 13.2. The van der Waals surface area contributed by atoms with Gasteiger partial charge in [0.05, 0.1) is 64.1 Å². The summed E-state index contributed by atoms with van der Waals surface area (Å²) in [7, 11) is -13.8. The first-order chi connectivity index (χ1) is 53.7. The van der Waals surface area contributed by atoms with E-state index in [0.29, 0.717) is 23.5 Å². The molecule has 31 nitrogen and oxygen atoms in total. The van der Waals surface area contributed by atoms with Gasteiger partial charge in [0.2, 0.25) is 5.91 Å². The first-order valence-corrected chi connectivity index (χ1v) is 44.0. The summed E-state index contributed by atoms with van der Waals surface area (Å²) >= 11 is 33.2. The summed E-state index contributed by atoms with van der Waals surface area (Å²) in [5.41, 5.74) is 1.79. The molecule has 5 aromatic rings. The summed E-state index contributed by atoms with van der Waals surface area (Å²) < 4.78 is 184. The Morgan fingerprint density at radius 1 is 0.368 bits per heavy atom. The average molecular weight is 1860 g/mol. The van der Waals surface area contributed by atoms with Gasteiger partial charge in [-0.1, -0.05) is 177 Å². The Morgan fingerprint density at radius 2 is 0.632 bits per heavy atom. The number of amides is 4. The van der Waals surface area contributed by atoms with Crippen molar-refractivity contribution in [3.8, 4) is 0 Å². The predicted octanol–water partition coefficient (Wildman–Crippen LogP) is 13.1. The monoisotopic (exact) mass is 1850 g/mol. The van der Waals surface area contributed by atoms with E-state index in [4.69, 9.17) is 108 Å². The molecule has 656 valence electrons. The maximum atomic E-state index is 13.8. The van der Waals surface area contributed by atoms with Crippen LogP contribution in [0.4, 0.5) is 37.1 Å². The van der Waals surface area contributed by atoms with Crippen molar-refractivity contribution in [3.63, 3.8) is 0 Å². The number of nitrogens with one attached hydrogen (secondary N) is 4. The number of hydrogen-bond acceptors (Lipinski definition) is 27. The summed E-state index contributed by atoms with van der Waals surface area (Å²) in [5, 5.41) is 9.29. The van der Waals surface area contributed by atoms with Gasteiger partial charge in [-0.2, -0.15) is 0 Å². The van der Waals surface area contributed by atoms with Gasteiger partial charge in [-0.3, -0.25) is 19.2 Å². The fraction of sp³-hybridized carbons (Fsp3) is 0.466. The van der Waals surface area contributed by atoms with Gasteiger partial charge in [0.15, 0.2) is 78.3 Å². The van der Waals surface area contributed by atoms with Gasteiger partial charge in [-0.05, 0) is 109 Å². The van der Waals surface area contributed by atoms with Crippen molar-refractivity contribution in [1.82, 2.24) is 21.3 Å². The van der Waals surface area contributed by atoms with Gasteiger partial charge in [0, 0.05) is 31.9 Å². The lowest BCUT2D eigenvalue weighted by Crippen LogP contribution is -2.46. The van der Waals surface area contributed by atoms with Gasteiger partial charge in [-0.25, -0.2) is 70.8 Å². The van der Waals surface area contributed by atoms with Crippen LogP contribution < -0.4 is 21.3 Å². The third-order valence-electron chi connectivity index (χ3n) is 14.6. The zero-order valence-electron chi connectivity index (χ0n) is 63.2. The lowest BCUT2D eigenvalue weighted by Gasteiger charge is -2.27. The Kier molecular flexibility index (Phi) is 50.1. The van der Waals surface area contributed by atoms with Crippen LogP contribution in [0.3, 0.4) is 0 Å². The van der Waals surface area contributed by atoms with E-state index in [-0.39, 0.29) is 84.2 Å². The molecule has 8 atom stereocenters. The Balaban J connectivity index is 0.00000153. The quantitative estimate of drug-likeness (QED) is 0.0164. The molecular weight excluding hydrogens is 1760 g/mol. The zero-order valence-corrected chi connectivity index (χ0v) is 71.0. The van der Waals surface area contributed by atoms with Gasteiger partial charge in [0.1, 0.15) is 39.3 Å². The Morgan fingerprint density at radius 3 is 0.897 bits per heavy atom. The molecular formula is C73H95Cl6F3N4O27S4. The highest BCUT2D eigenvalue weighted by atomic mass is 35.5. The van der Waals surface area contributed by atoms with Gasteiger partial charge in [0.25, 0.3) is 17.7 Å². The van der Waals surface area contributed by atoms with E-state index in [2.05, 4.69) is 30.7 Å². The smallest absolute Gasteiger partial charge is 0.435 e. The summed E-state index contributed by atoms with van der Waals surface area (Å²) in [5.74, 6) is -2.80. The van der Waals surface area contributed by atoms with Crippen LogP contribution in [0.1, 0.15) is 115 Å². The van der Waals surface area contributed by atoms with Crippen LogP contribution in [-0.4, -0.2) is 205 Å². The highest BCUT2D eigenvalue weighted by molar-refractivity contribution is 7.91. The Labute approximate surface area is 708 Å². The molecule has 5 aromatic carbocycles. The topological polar surface area (TPSA) is 431 Å². The minimum atomic E-state index is -3.48. The van der Waals surface area contributed by atoms with E-state index >= 15 is 0 Å². The molecule has 44 heteroatoms. The van der Waals surface area contributed by atoms with E-state index in [1.807, 2.05) is 13.8 Å². The second-order valence-electron chi connectivity index (χ2n) is 24.2. The third-order valence-corrected chi connectivity index (χ3v) is 20.4. The number of halogens is 9. The number of alkyl halides is 9. The molecule has 0 heterocycles. The van der Waals surface area contributed by atoms with Crippen LogP contribution in [0.5, 0.6) is 0 Å². The maximum Gasteiger partial charge on any atom is 0.509 e.